The number of carbonyl (C=O) groups is 1. The quantitative estimate of drug-likeness (QED) is 0.122. The lowest BCUT2D eigenvalue weighted by atomic mass is 10.0. The zero-order valence-corrected chi connectivity index (χ0v) is 19.5. The van der Waals surface area contributed by atoms with Crippen molar-refractivity contribution < 1.29 is 19.3 Å². The molecule has 0 heterocycles. The van der Waals surface area contributed by atoms with Gasteiger partial charge in [0.05, 0.1) is 19.3 Å². The third kappa shape index (κ3) is 14.4. The van der Waals surface area contributed by atoms with Crippen molar-refractivity contribution in [1.29, 1.82) is 0 Å². The van der Waals surface area contributed by atoms with Crippen molar-refractivity contribution in [3.8, 4) is 5.75 Å². The highest BCUT2D eigenvalue weighted by molar-refractivity contribution is 5.89. The number of carbonyl (C=O) groups excluding carboxylic acids is 1. The predicted octanol–water partition coefficient (Wildman–Crippen LogP) is 8.05. The standard InChI is InChI=1S/C26H44O4/c1-3-4-5-6-7-8-9-10-11-12-13-14-15-16-17-18-22-29-30-26(27)24-20-19-21-25(23-24)28-2/h19-21,23H,3-18,22H2,1-2H3. The maximum absolute atomic E-state index is 11.9. The lowest BCUT2D eigenvalue weighted by Crippen LogP contribution is -2.07. The van der Waals surface area contributed by atoms with E-state index in [-0.39, 0.29) is 0 Å². The highest BCUT2D eigenvalue weighted by atomic mass is 17.2. The van der Waals surface area contributed by atoms with Crippen LogP contribution in [0.15, 0.2) is 24.3 Å². The zero-order valence-electron chi connectivity index (χ0n) is 19.5. The molecule has 0 aliphatic rings. The average molecular weight is 421 g/mol. The molecule has 0 fully saturated rings. The predicted molar refractivity (Wildman–Crippen MR) is 124 cm³/mol. The van der Waals surface area contributed by atoms with Gasteiger partial charge >= 0.3 is 5.97 Å². The van der Waals surface area contributed by atoms with Gasteiger partial charge in [0.25, 0.3) is 0 Å². The van der Waals surface area contributed by atoms with Crippen molar-refractivity contribution >= 4 is 5.97 Å². The summed E-state index contributed by atoms with van der Waals surface area (Å²) in [6.45, 7) is 2.73. The Kier molecular flexibility index (Phi) is 17.1. The summed E-state index contributed by atoms with van der Waals surface area (Å²) in [5.41, 5.74) is 0.432. The molecule has 1 aromatic carbocycles. The van der Waals surface area contributed by atoms with E-state index >= 15 is 0 Å². The van der Waals surface area contributed by atoms with Gasteiger partial charge in [-0.15, -0.1) is 0 Å². The summed E-state index contributed by atoms with van der Waals surface area (Å²) in [6.07, 6.45) is 21.4. The molecule has 30 heavy (non-hydrogen) atoms. The Morgan fingerprint density at radius 1 is 0.733 bits per heavy atom. The van der Waals surface area contributed by atoms with Crippen LogP contribution < -0.4 is 4.74 Å². The van der Waals surface area contributed by atoms with Crippen LogP contribution in [0.25, 0.3) is 0 Å². The van der Waals surface area contributed by atoms with Crippen LogP contribution in [0.3, 0.4) is 0 Å². The molecular formula is C26H44O4. The minimum absolute atomic E-state index is 0.432. The molecule has 1 rings (SSSR count). The van der Waals surface area contributed by atoms with Crippen LogP contribution in [-0.2, 0) is 9.78 Å². The summed E-state index contributed by atoms with van der Waals surface area (Å²) in [5.74, 6) is 0.146. The Morgan fingerprint density at radius 2 is 1.23 bits per heavy atom. The Morgan fingerprint density at radius 3 is 1.73 bits per heavy atom. The molecule has 0 bridgehead atoms. The third-order valence-electron chi connectivity index (χ3n) is 5.52. The first-order chi connectivity index (χ1) is 14.8. The normalized spacial score (nSPS) is 10.9. The third-order valence-corrected chi connectivity index (χ3v) is 5.52. The van der Waals surface area contributed by atoms with Gasteiger partial charge in [0.2, 0.25) is 0 Å². The fourth-order valence-corrected chi connectivity index (χ4v) is 3.60. The molecule has 0 atom stereocenters. The van der Waals surface area contributed by atoms with E-state index in [1.54, 1.807) is 31.4 Å². The van der Waals surface area contributed by atoms with Gasteiger partial charge in [0.15, 0.2) is 0 Å². The van der Waals surface area contributed by atoms with Crippen molar-refractivity contribution in [1.82, 2.24) is 0 Å². The van der Waals surface area contributed by atoms with E-state index in [0.29, 0.717) is 17.9 Å². The molecule has 4 nitrogen and oxygen atoms in total. The van der Waals surface area contributed by atoms with Crippen LogP contribution in [0.1, 0.15) is 120 Å². The molecule has 0 saturated carbocycles. The summed E-state index contributed by atoms with van der Waals surface area (Å²) < 4.78 is 5.10. The van der Waals surface area contributed by atoms with Gasteiger partial charge in [0, 0.05) is 0 Å². The highest BCUT2D eigenvalue weighted by Crippen LogP contribution is 2.15. The Hall–Kier alpha value is -1.55. The van der Waals surface area contributed by atoms with Crippen LogP contribution in [0.4, 0.5) is 0 Å². The molecule has 0 aliphatic heterocycles. The lowest BCUT2D eigenvalue weighted by Gasteiger charge is -2.05. The van der Waals surface area contributed by atoms with E-state index in [4.69, 9.17) is 14.5 Å². The van der Waals surface area contributed by atoms with E-state index in [0.717, 1.165) is 12.8 Å². The van der Waals surface area contributed by atoms with Gasteiger partial charge < -0.3 is 4.74 Å². The largest absolute Gasteiger partial charge is 0.497 e. The highest BCUT2D eigenvalue weighted by Gasteiger charge is 2.09. The molecule has 0 saturated heterocycles. The lowest BCUT2D eigenvalue weighted by molar-refractivity contribution is -0.241. The molecule has 0 unspecified atom stereocenters. The van der Waals surface area contributed by atoms with Gasteiger partial charge in [-0.2, -0.15) is 4.89 Å². The van der Waals surface area contributed by atoms with Gasteiger partial charge in [-0.1, -0.05) is 109 Å². The molecule has 0 amide bonds. The fraction of sp³-hybridized carbons (Fsp3) is 0.731. The van der Waals surface area contributed by atoms with Crippen LogP contribution in [0.5, 0.6) is 5.75 Å². The van der Waals surface area contributed by atoms with Crippen molar-refractivity contribution in [2.24, 2.45) is 0 Å². The van der Waals surface area contributed by atoms with Crippen LogP contribution in [-0.4, -0.2) is 19.7 Å². The second-order valence-corrected chi connectivity index (χ2v) is 8.23. The van der Waals surface area contributed by atoms with Crippen molar-refractivity contribution in [3.05, 3.63) is 29.8 Å². The maximum Gasteiger partial charge on any atom is 0.373 e. The van der Waals surface area contributed by atoms with Crippen LogP contribution in [0, 0.1) is 0 Å². The van der Waals surface area contributed by atoms with E-state index in [2.05, 4.69) is 6.92 Å². The summed E-state index contributed by atoms with van der Waals surface area (Å²) in [6, 6.07) is 6.86. The number of methoxy groups -OCH3 is 1. The van der Waals surface area contributed by atoms with Crippen LogP contribution in [0.2, 0.25) is 0 Å². The number of hydrogen-bond donors (Lipinski definition) is 0. The second-order valence-electron chi connectivity index (χ2n) is 8.23. The molecule has 4 heteroatoms. The Bertz CT molecular complexity index is 530. The van der Waals surface area contributed by atoms with Crippen molar-refractivity contribution in [2.75, 3.05) is 13.7 Å². The number of benzene rings is 1. The smallest absolute Gasteiger partial charge is 0.373 e. The van der Waals surface area contributed by atoms with Crippen molar-refractivity contribution in [3.63, 3.8) is 0 Å². The summed E-state index contributed by atoms with van der Waals surface area (Å²) in [7, 11) is 1.57. The van der Waals surface area contributed by atoms with E-state index in [9.17, 15) is 4.79 Å². The Labute approximate surface area is 184 Å². The van der Waals surface area contributed by atoms with Gasteiger partial charge in [-0.3, -0.25) is 4.89 Å². The molecular weight excluding hydrogens is 376 g/mol. The SMILES string of the molecule is CCCCCCCCCCCCCCCCCCOOC(=O)c1cccc(OC)c1. The monoisotopic (exact) mass is 420 g/mol. The van der Waals surface area contributed by atoms with Gasteiger partial charge in [-0.05, 0) is 24.6 Å². The van der Waals surface area contributed by atoms with E-state index in [1.807, 2.05) is 0 Å². The molecule has 172 valence electrons. The average Bonchev–Trinajstić information content (AvgIpc) is 2.78. The number of unbranched alkanes of at least 4 members (excludes halogenated alkanes) is 15. The van der Waals surface area contributed by atoms with Crippen molar-refractivity contribution in [2.45, 2.75) is 110 Å². The van der Waals surface area contributed by atoms with E-state index < -0.39 is 5.97 Å². The topological polar surface area (TPSA) is 44.8 Å². The molecule has 0 aliphatic carbocycles. The van der Waals surface area contributed by atoms with Gasteiger partial charge in [-0.25, -0.2) is 4.79 Å². The maximum atomic E-state index is 11.9. The Balaban J connectivity index is 1.81. The number of rotatable bonds is 20. The first-order valence-electron chi connectivity index (χ1n) is 12.3. The van der Waals surface area contributed by atoms with E-state index in [1.165, 1.54) is 89.9 Å². The van der Waals surface area contributed by atoms with Gasteiger partial charge in [0.1, 0.15) is 5.75 Å². The minimum atomic E-state index is -0.481. The molecule has 0 N–H and O–H groups in total. The molecule has 0 aromatic heterocycles. The molecule has 0 radical (unpaired) electrons. The summed E-state index contributed by atoms with van der Waals surface area (Å²) in [5, 5.41) is 0. The number of ether oxygens (including phenoxy) is 1. The first kappa shape index (κ1) is 26.5. The van der Waals surface area contributed by atoms with Crippen LogP contribution >= 0.6 is 0 Å². The molecule has 0 spiro atoms. The minimum Gasteiger partial charge on any atom is -0.497 e. The molecule has 1 aromatic rings. The second kappa shape index (κ2) is 19.4. The number of hydrogen-bond acceptors (Lipinski definition) is 4. The summed E-state index contributed by atoms with van der Waals surface area (Å²) in [4.78, 5) is 21.8. The first-order valence-corrected chi connectivity index (χ1v) is 12.3. The zero-order chi connectivity index (χ0) is 21.7. The fourth-order valence-electron chi connectivity index (χ4n) is 3.60. The summed E-state index contributed by atoms with van der Waals surface area (Å²) >= 11 is 0.